The molecule has 0 aliphatic rings. The molecule has 0 unspecified atom stereocenters. The molecular weight excluding hydrogens is 289 g/mol. The molecule has 0 aromatic heterocycles. The van der Waals surface area contributed by atoms with Crippen LogP contribution < -0.4 is 5.73 Å². The molecule has 0 bridgehead atoms. The van der Waals surface area contributed by atoms with Gasteiger partial charge in [-0.05, 0) is 25.0 Å². The molecule has 0 saturated carbocycles. The van der Waals surface area contributed by atoms with Gasteiger partial charge in [-0.1, -0.05) is 42.6 Å². The Balaban J connectivity index is 3.01. The van der Waals surface area contributed by atoms with Gasteiger partial charge in [0, 0.05) is 0 Å². The van der Waals surface area contributed by atoms with Crippen LogP contribution in [0.3, 0.4) is 0 Å². The average molecular weight is 304 g/mol. The fraction of sp³-hybridized carbons (Fsp3) is 0.385. The van der Waals surface area contributed by atoms with E-state index in [-0.39, 0.29) is 15.6 Å². The monoisotopic (exact) mass is 303 g/mol. The number of carbonyl (C=O) groups is 2. The Morgan fingerprint density at radius 1 is 1.32 bits per heavy atom. The lowest BCUT2D eigenvalue weighted by atomic mass is 10.0. The summed E-state index contributed by atoms with van der Waals surface area (Å²) < 4.78 is 4.85. The van der Waals surface area contributed by atoms with Crippen LogP contribution in [0, 0.1) is 0 Å². The van der Waals surface area contributed by atoms with Crippen LogP contribution in [0.1, 0.15) is 36.5 Å². The van der Waals surface area contributed by atoms with Crippen molar-refractivity contribution in [2.24, 2.45) is 5.73 Å². The molecular formula is C13H15Cl2NO3. The first-order chi connectivity index (χ1) is 8.97. The van der Waals surface area contributed by atoms with Crippen molar-refractivity contribution in [1.82, 2.24) is 0 Å². The largest absolute Gasteiger partial charge is 0.438 e. The van der Waals surface area contributed by atoms with Crippen LogP contribution in [0.25, 0.3) is 0 Å². The van der Waals surface area contributed by atoms with Crippen molar-refractivity contribution < 1.29 is 14.3 Å². The maximum Gasteiger partial charge on any atom is 0.405 e. The van der Waals surface area contributed by atoms with Gasteiger partial charge in [0.05, 0.1) is 15.6 Å². The second-order valence-electron chi connectivity index (χ2n) is 4.03. The molecule has 1 aromatic rings. The van der Waals surface area contributed by atoms with Crippen molar-refractivity contribution in [3.05, 3.63) is 33.8 Å². The number of ketones is 1. The van der Waals surface area contributed by atoms with Gasteiger partial charge in [-0.2, -0.15) is 0 Å². The minimum absolute atomic E-state index is 0.160. The van der Waals surface area contributed by atoms with E-state index in [0.29, 0.717) is 6.42 Å². The average Bonchev–Trinajstić information content (AvgIpc) is 2.33. The van der Waals surface area contributed by atoms with Crippen LogP contribution >= 0.6 is 23.2 Å². The van der Waals surface area contributed by atoms with Gasteiger partial charge in [0.15, 0.2) is 6.10 Å². The molecule has 4 nitrogen and oxygen atoms in total. The van der Waals surface area contributed by atoms with E-state index in [2.05, 4.69) is 0 Å². The zero-order valence-electron chi connectivity index (χ0n) is 10.5. The predicted molar refractivity (Wildman–Crippen MR) is 74.8 cm³/mol. The van der Waals surface area contributed by atoms with Gasteiger partial charge in [0.25, 0.3) is 0 Å². The van der Waals surface area contributed by atoms with Crippen molar-refractivity contribution in [1.29, 1.82) is 0 Å². The SMILES string of the molecule is CCCC[C@@H](OC(N)=O)C(=O)c1c(Cl)cccc1Cl. The molecule has 104 valence electrons. The zero-order chi connectivity index (χ0) is 14.4. The number of Topliss-reactive ketones (excluding diaryl/α,β-unsaturated/α-hetero) is 1. The molecule has 0 heterocycles. The molecule has 0 fully saturated rings. The lowest BCUT2D eigenvalue weighted by Gasteiger charge is -2.16. The van der Waals surface area contributed by atoms with E-state index in [1.54, 1.807) is 18.2 Å². The molecule has 0 aliphatic carbocycles. The maximum atomic E-state index is 12.3. The zero-order valence-corrected chi connectivity index (χ0v) is 12.0. The third-order valence-corrected chi connectivity index (χ3v) is 3.21. The van der Waals surface area contributed by atoms with E-state index in [9.17, 15) is 9.59 Å². The summed E-state index contributed by atoms with van der Waals surface area (Å²) in [5.74, 6) is -0.428. The summed E-state index contributed by atoms with van der Waals surface area (Å²) in [4.78, 5) is 23.2. The molecule has 0 aliphatic heterocycles. The van der Waals surface area contributed by atoms with Crippen molar-refractivity contribution in [2.45, 2.75) is 32.3 Å². The normalized spacial score (nSPS) is 11.9. The summed E-state index contributed by atoms with van der Waals surface area (Å²) in [5, 5.41) is 0.458. The lowest BCUT2D eigenvalue weighted by molar-refractivity contribution is 0.0629. The number of benzene rings is 1. The van der Waals surface area contributed by atoms with Crippen LogP contribution in [0.5, 0.6) is 0 Å². The Bertz CT molecular complexity index is 457. The summed E-state index contributed by atoms with van der Waals surface area (Å²) in [6.45, 7) is 1.97. The Kier molecular flexibility index (Phi) is 6.12. The summed E-state index contributed by atoms with van der Waals surface area (Å²) >= 11 is 11.9. The van der Waals surface area contributed by atoms with E-state index in [1.807, 2.05) is 6.92 Å². The van der Waals surface area contributed by atoms with Crippen molar-refractivity contribution in [2.75, 3.05) is 0 Å². The van der Waals surface area contributed by atoms with Crippen molar-refractivity contribution in [3.63, 3.8) is 0 Å². The Hall–Kier alpha value is -1.26. The van der Waals surface area contributed by atoms with Crippen molar-refractivity contribution >= 4 is 35.1 Å². The highest BCUT2D eigenvalue weighted by Crippen LogP contribution is 2.27. The third kappa shape index (κ3) is 4.40. The molecule has 0 saturated heterocycles. The maximum absolute atomic E-state index is 12.3. The molecule has 1 aromatic carbocycles. The number of hydrogen-bond acceptors (Lipinski definition) is 3. The lowest BCUT2D eigenvalue weighted by Crippen LogP contribution is -2.30. The summed E-state index contributed by atoms with van der Waals surface area (Å²) in [6.07, 6.45) is 0.0424. The Morgan fingerprint density at radius 2 is 1.89 bits per heavy atom. The van der Waals surface area contributed by atoms with E-state index < -0.39 is 18.0 Å². The predicted octanol–water partition coefficient (Wildman–Crippen LogP) is 3.83. The van der Waals surface area contributed by atoms with Crippen LogP contribution in [0.15, 0.2) is 18.2 Å². The van der Waals surface area contributed by atoms with Crippen LogP contribution in [0.4, 0.5) is 4.79 Å². The molecule has 0 spiro atoms. The second-order valence-corrected chi connectivity index (χ2v) is 4.84. The molecule has 0 radical (unpaired) electrons. The molecule has 1 rings (SSSR count). The number of amides is 1. The van der Waals surface area contributed by atoms with Crippen LogP contribution in [0.2, 0.25) is 10.0 Å². The third-order valence-electron chi connectivity index (χ3n) is 2.58. The highest BCUT2D eigenvalue weighted by atomic mass is 35.5. The molecule has 6 heteroatoms. The van der Waals surface area contributed by atoms with E-state index in [1.165, 1.54) is 0 Å². The fourth-order valence-corrected chi connectivity index (χ4v) is 2.25. The van der Waals surface area contributed by atoms with E-state index in [0.717, 1.165) is 12.8 Å². The number of halogens is 2. The van der Waals surface area contributed by atoms with Gasteiger partial charge in [-0.25, -0.2) is 4.79 Å². The number of rotatable bonds is 6. The number of carbonyl (C=O) groups excluding carboxylic acids is 2. The number of hydrogen-bond donors (Lipinski definition) is 1. The van der Waals surface area contributed by atoms with Crippen LogP contribution in [-0.4, -0.2) is 18.0 Å². The van der Waals surface area contributed by atoms with Gasteiger partial charge in [-0.3, -0.25) is 4.79 Å². The number of primary amides is 1. The standard InChI is InChI=1S/C13H15Cl2NO3/c1-2-3-7-10(19-13(16)18)12(17)11-8(14)5-4-6-9(11)15/h4-6,10H,2-3,7H2,1H3,(H2,16,18)/t10-/m1/s1. The fourth-order valence-electron chi connectivity index (χ4n) is 1.67. The Morgan fingerprint density at radius 3 is 2.37 bits per heavy atom. The van der Waals surface area contributed by atoms with E-state index >= 15 is 0 Å². The highest BCUT2D eigenvalue weighted by molar-refractivity contribution is 6.40. The summed E-state index contributed by atoms with van der Waals surface area (Å²) in [7, 11) is 0. The Labute approximate surface area is 121 Å². The van der Waals surface area contributed by atoms with Gasteiger partial charge in [0.2, 0.25) is 5.78 Å². The molecule has 1 atom stereocenters. The number of ether oxygens (including phenoxy) is 1. The minimum atomic E-state index is -0.988. The highest BCUT2D eigenvalue weighted by Gasteiger charge is 2.26. The molecule has 1 amide bonds. The van der Waals surface area contributed by atoms with Gasteiger partial charge in [-0.15, -0.1) is 0 Å². The van der Waals surface area contributed by atoms with Crippen molar-refractivity contribution in [3.8, 4) is 0 Å². The summed E-state index contributed by atoms with van der Waals surface area (Å²) in [5.41, 5.74) is 5.14. The summed E-state index contributed by atoms with van der Waals surface area (Å²) in [6, 6.07) is 4.75. The first kappa shape index (κ1) is 15.8. The van der Waals surface area contributed by atoms with Crippen LogP contribution in [-0.2, 0) is 4.74 Å². The van der Waals surface area contributed by atoms with Gasteiger partial charge >= 0.3 is 6.09 Å². The second kappa shape index (κ2) is 7.36. The molecule has 2 N–H and O–H groups in total. The van der Waals surface area contributed by atoms with Gasteiger partial charge in [0.1, 0.15) is 0 Å². The van der Waals surface area contributed by atoms with E-state index in [4.69, 9.17) is 33.7 Å². The quantitative estimate of drug-likeness (QED) is 0.812. The molecule has 19 heavy (non-hydrogen) atoms. The number of unbranched alkanes of at least 4 members (excludes halogenated alkanes) is 1. The number of nitrogens with two attached hydrogens (primary N) is 1. The smallest absolute Gasteiger partial charge is 0.405 e. The topological polar surface area (TPSA) is 69.4 Å². The first-order valence-electron chi connectivity index (χ1n) is 5.91. The first-order valence-corrected chi connectivity index (χ1v) is 6.67. The minimum Gasteiger partial charge on any atom is -0.438 e. The van der Waals surface area contributed by atoms with Gasteiger partial charge < -0.3 is 10.5 Å².